The van der Waals surface area contributed by atoms with Gasteiger partial charge in [-0.25, -0.2) is 0 Å². The van der Waals surface area contributed by atoms with Gasteiger partial charge in [0.05, 0.1) is 0 Å². The molecule has 0 bridgehead atoms. The van der Waals surface area contributed by atoms with E-state index in [0.29, 0.717) is 0 Å². The van der Waals surface area contributed by atoms with E-state index in [1.807, 2.05) is 0 Å². The van der Waals surface area contributed by atoms with Gasteiger partial charge >= 0.3 is 0 Å². The van der Waals surface area contributed by atoms with Crippen LogP contribution < -0.4 is 0 Å². The molecule has 42 heavy (non-hydrogen) atoms. The molecule has 0 spiro atoms. The van der Waals surface area contributed by atoms with E-state index in [1.54, 1.807) is 0 Å². The Labute approximate surface area is 244 Å². The van der Waals surface area contributed by atoms with Crippen molar-refractivity contribution >= 4 is 43.5 Å². The summed E-state index contributed by atoms with van der Waals surface area (Å²) in [7, 11) is 0. The van der Waals surface area contributed by atoms with Crippen molar-refractivity contribution in [3.05, 3.63) is 145 Å². The van der Waals surface area contributed by atoms with E-state index in [4.69, 9.17) is 4.42 Å². The van der Waals surface area contributed by atoms with Gasteiger partial charge in [0.15, 0.2) is 0 Å². The third kappa shape index (κ3) is 3.25. The Morgan fingerprint density at radius 2 is 1.12 bits per heavy atom. The maximum absolute atomic E-state index is 6.34. The van der Waals surface area contributed by atoms with Crippen molar-refractivity contribution in [1.29, 1.82) is 0 Å². The highest BCUT2D eigenvalue weighted by molar-refractivity contribution is 6.13. The summed E-state index contributed by atoms with van der Waals surface area (Å²) in [5.41, 5.74) is 12.2. The van der Waals surface area contributed by atoms with Gasteiger partial charge < -0.3 is 4.42 Å². The third-order valence-corrected chi connectivity index (χ3v) is 9.44. The number of furan rings is 1. The lowest BCUT2D eigenvalue weighted by Crippen LogP contribution is -2.15. The van der Waals surface area contributed by atoms with Crippen molar-refractivity contribution in [2.24, 2.45) is 0 Å². The first-order valence-corrected chi connectivity index (χ1v) is 14.7. The average Bonchev–Trinajstić information content (AvgIpc) is 3.50. The minimum absolute atomic E-state index is 0.125. The molecule has 0 unspecified atom stereocenters. The standard InChI is InChI=1S/C41H28O/c1-41(2)36-22-28(25-10-4-3-5-11-25)16-18-32(36)40-31-15-9-8-14-30(31)33(24-37(40)41)29-17-19-38-34(21-29)35-20-26-12-6-7-13-27(26)23-39(35)42-38/h3-24H,1-2H3. The molecule has 9 rings (SSSR count). The van der Waals surface area contributed by atoms with Gasteiger partial charge in [0, 0.05) is 16.2 Å². The Morgan fingerprint density at radius 3 is 1.95 bits per heavy atom. The number of rotatable bonds is 2. The zero-order valence-corrected chi connectivity index (χ0v) is 23.6. The predicted molar refractivity (Wildman–Crippen MR) is 177 cm³/mol. The van der Waals surface area contributed by atoms with Crippen LogP contribution in [0.5, 0.6) is 0 Å². The van der Waals surface area contributed by atoms with Crippen LogP contribution >= 0.6 is 0 Å². The predicted octanol–water partition coefficient (Wildman–Crippen LogP) is 11.5. The number of hydrogen-bond donors (Lipinski definition) is 0. The van der Waals surface area contributed by atoms with Crippen molar-refractivity contribution in [2.75, 3.05) is 0 Å². The number of benzene rings is 7. The SMILES string of the molecule is CC1(C)c2cc(-c3ccccc3)ccc2-c2c1cc(-c1ccc3oc4cc5ccccc5cc4c3c1)c1ccccc21. The van der Waals surface area contributed by atoms with Crippen LogP contribution in [0, 0.1) is 0 Å². The second-order valence-electron chi connectivity index (χ2n) is 12.2. The van der Waals surface area contributed by atoms with E-state index in [9.17, 15) is 0 Å². The highest BCUT2D eigenvalue weighted by Crippen LogP contribution is 2.54. The largest absolute Gasteiger partial charge is 0.456 e. The molecule has 0 fully saturated rings. The summed E-state index contributed by atoms with van der Waals surface area (Å²) in [5, 5.41) is 7.35. The van der Waals surface area contributed by atoms with E-state index in [2.05, 4.69) is 147 Å². The number of fused-ring (bicyclic) bond motifs is 9. The molecule has 1 aromatic heterocycles. The van der Waals surface area contributed by atoms with Crippen LogP contribution in [0.25, 0.3) is 76.9 Å². The molecular formula is C41H28O. The van der Waals surface area contributed by atoms with Crippen molar-refractivity contribution in [3.8, 4) is 33.4 Å². The second-order valence-corrected chi connectivity index (χ2v) is 12.2. The normalized spacial score (nSPS) is 13.7. The Balaban J connectivity index is 1.28. The molecule has 0 saturated heterocycles. The second kappa shape index (κ2) is 8.44. The van der Waals surface area contributed by atoms with Crippen molar-refractivity contribution in [1.82, 2.24) is 0 Å². The van der Waals surface area contributed by atoms with Crippen LogP contribution in [-0.4, -0.2) is 0 Å². The monoisotopic (exact) mass is 536 g/mol. The minimum Gasteiger partial charge on any atom is -0.456 e. The first-order chi connectivity index (χ1) is 20.6. The van der Waals surface area contributed by atoms with E-state index < -0.39 is 0 Å². The van der Waals surface area contributed by atoms with Gasteiger partial charge in [-0.1, -0.05) is 111 Å². The third-order valence-electron chi connectivity index (χ3n) is 9.44. The summed E-state index contributed by atoms with van der Waals surface area (Å²) < 4.78 is 6.34. The molecule has 1 nitrogen and oxygen atoms in total. The fourth-order valence-electron chi connectivity index (χ4n) is 7.26. The Kier molecular flexibility index (Phi) is 4.73. The highest BCUT2D eigenvalue weighted by atomic mass is 16.3. The van der Waals surface area contributed by atoms with Gasteiger partial charge in [-0.2, -0.15) is 0 Å². The maximum atomic E-state index is 6.34. The molecule has 1 aliphatic carbocycles. The van der Waals surface area contributed by atoms with Gasteiger partial charge in [-0.05, 0) is 102 Å². The summed E-state index contributed by atoms with van der Waals surface area (Å²) in [6, 6.07) is 48.7. The Bertz CT molecular complexity index is 2370. The topological polar surface area (TPSA) is 13.1 Å². The van der Waals surface area contributed by atoms with Gasteiger partial charge in [0.1, 0.15) is 11.2 Å². The molecule has 1 aliphatic rings. The van der Waals surface area contributed by atoms with Crippen molar-refractivity contribution < 1.29 is 4.42 Å². The van der Waals surface area contributed by atoms with E-state index in [-0.39, 0.29) is 5.41 Å². The quantitative estimate of drug-likeness (QED) is 0.214. The van der Waals surface area contributed by atoms with E-state index >= 15 is 0 Å². The maximum Gasteiger partial charge on any atom is 0.136 e. The molecule has 1 heteroatoms. The minimum atomic E-state index is -0.125. The van der Waals surface area contributed by atoms with Gasteiger partial charge in [0.2, 0.25) is 0 Å². The molecule has 8 aromatic rings. The highest BCUT2D eigenvalue weighted by Gasteiger charge is 2.37. The van der Waals surface area contributed by atoms with Gasteiger partial charge in [0.25, 0.3) is 0 Å². The molecule has 0 saturated carbocycles. The van der Waals surface area contributed by atoms with E-state index in [1.165, 1.54) is 66.1 Å². The zero-order chi connectivity index (χ0) is 28.0. The number of hydrogen-bond acceptors (Lipinski definition) is 1. The first-order valence-electron chi connectivity index (χ1n) is 14.7. The smallest absolute Gasteiger partial charge is 0.136 e. The molecule has 0 atom stereocenters. The fourth-order valence-corrected chi connectivity index (χ4v) is 7.26. The van der Waals surface area contributed by atoms with Gasteiger partial charge in [-0.15, -0.1) is 0 Å². The molecule has 1 heterocycles. The van der Waals surface area contributed by atoms with Crippen molar-refractivity contribution in [2.45, 2.75) is 19.3 Å². The fraction of sp³-hybridized carbons (Fsp3) is 0.0732. The summed E-state index contributed by atoms with van der Waals surface area (Å²) >= 11 is 0. The molecular weight excluding hydrogens is 508 g/mol. The summed E-state index contributed by atoms with van der Waals surface area (Å²) in [4.78, 5) is 0. The van der Waals surface area contributed by atoms with Crippen LogP contribution in [0.1, 0.15) is 25.0 Å². The summed E-state index contributed by atoms with van der Waals surface area (Å²) in [6.07, 6.45) is 0. The lowest BCUT2D eigenvalue weighted by atomic mass is 9.80. The molecule has 0 radical (unpaired) electrons. The summed E-state index contributed by atoms with van der Waals surface area (Å²) in [6.45, 7) is 4.76. The van der Waals surface area contributed by atoms with Crippen LogP contribution in [0.2, 0.25) is 0 Å². The average molecular weight is 537 g/mol. The first kappa shape index (κ1) is 23.6. The zero-order valence-electron chi connectivity index (χ0n) is 23.6. The van der Waals surface area contributed by atoms with Gasteiger partial charge in [-0.3, -0.25) is 0 Å². The Hall–Kier alpha value is -5.14. The van der Waals surface area contributed by atoms with E-state index in [0.717, 1.165) is 21.9 Å². The van der Waals surface area contributed by atoms with Crippen LogP contribution in [0.3, 0.4) is 0 Å². The molecule has 198 valence electrons. The molecule has 0 amide bonds. The van der Waals surface area contributed by atoms with Crippen LogP contribution in [-0.2, 0) is 5.41 Å². The van der Waals surface area contributed by atoms with Crippen LogP contribution in [0.4, 0.5) is 0 Å². The summed E-state index contributed by atoms with van der Waals surface area (Å²) in [5.74, 6) is 0. The molecule has 7 aromatic carbocycles. The lowest BCUT2D eigenvalue weighted by molar-refractivity contribution is 0.661. The Morgan fingerprint density at radius 1 is 0.429 bits per heavy atom. The molecule has 0 aliphatic heterocycles. The van der Waals surface area contributed by atoms with Crippen LogP contribution in [0.15, 0.2) is 138 Å². The van der Waals surface area contributed by atoms with Crippen molar-refractivity contribution in [3.63, 3.8) is 0 Å². The molecule has 0 N–H and O–H groups in total. The lowest BCUT2D eigenvalue weighted by Gasteiger charge is -2.23.